The van der Waals surface area contributed by atoms with Gasteiger partial charge < -0.3 is 13.9 Å². The van der Waals surface area contributed by atoms with Gasteiger partial charge in [0.1, 0.15) is 5.52 Å². The van der Waals surface area contributed by atoms with Gasteiger partial charge in [-0.05, 0) is 43.2 Å². The molecule has 7 heteroatoms. The molecule has 2 aromatic heterocycles. The highest BCUT2D eigenvalue weighted by Crippen LogP contribution is 2.26. The van der Waals surface area contributed by atoms with Gasteiger partial charge >= 0.3 is 0 Å². The summed E-state index contributed by atoms with van der Waals surface area (Å²) in [7, 11) is 0. The average Bonchev–Trinajstić information content (AvgIpc) is 3.47. The topological polar surface area (TPSA) is 74.1 Å². The summed E-state index contributed by atoms with van der Waals surface area (Å²) in [5.41, 5.74) is 5.95. The maximum atomic E-state index is 9.03. The molecule has 0 saturated carbocycles. The van der Waals surface area contributed by atoms with Gasteiger partial charge in [-0.1, -0.05) is 24.3 Å². The number of hydrogen-bond donors (Lipinski definition) is 0. The van der Waals surface area contributed by atoms with Crippen LogP contribution in [0.2, 0.25) is 0 Å². The number of aryl methyl sites for hydroxylation is 1. The van der Waals surface area contributed by atoms with Crippen molar-refractivity contribution in [1.82, 2.24) is 19.4 Å². The minimum atomic E-state index is 0.157. The number of hydrogen-bond acceptors (Lipinski definition) is 6. The second-order valence-electron chi connectivity index (χ2n) is 8.38. The van der Waals surface area contributed by atoms with E-state index in [1.54, 1.807) is 0 Å². The minimum absolute atomic E-state index is 0.157. The number of nitrogens with zero attached hydrogens (tertiary/aromatic N) is 6. The van der Waals surface area contributed by atoms with E-state index in [1.807, 2.05) is 48.9 Å². The summed E-state index contributed by atoms with van der Waals surface area (Å²) in [5, 5.41) is 9.03. The first-order valence-corrected chi connectivity index (χ1v) is 11.0. The van der Waals surface area contributed by atoms with E-state index < -0.39 is 0 Å². The molecule has 1 unspecified atom stereocenters. The third-order valence-corrected chi connectivity index (χ3v) is 6.31. The van der Waals surface area contributed by atoms with Crippen LogP contribution in [0.1, 0.15) is 35.3 Å². The normalized spacial score (nSPS) is 15.7. The highest BCUT2D eigenvalue weighted by Gasteiger charge is 2.23. The molecule has 0 radical (unpaired) electrons. The first-order chi connectivity index (χ1) is 15.6. The van der Waals surface area contributed by atoms with Gasteiger partial charge in [-0.25, -0.2) is 4.98 Å². The molecule has 3 heterocycles. The van der Waals surface area contributed by atoms with E-state index in [2.05, 4.69) is 50.3 Å². The van der Waals surface area contributed by atoms with Gasteiger partial charge in [-0.2, -0.15) is 10.2 Å². The van der Waals surface area contributed by atoms with E-state index in [-0.39, 0.29) is 6.04 Å². The number of rotatable bonds is 5. The summed E-state index contributed by atoms with van der Waals surface area (Å²) < 4.78 is 8.28. The lowest BCUT2D eigenvalue weighted by atomic mass is 10.1. The third kappa shape index (κ3) is 3.85. The molecule has 7 nitrogen and oxygen atoms in total. The second kappa shape index (κ2) is 8.48. The van der Waals surface area contributed by atoms with Crippen LogP contribution >= 0.6 is 0 Å². The lowest BCUT2D eigenvalue weighted by Crippen LogP contribution is -2.46. The van der Waals surface area contributed by atoms with Crippen molar-refractivity contribution in [1.29, 1.82) is 5.26 Å². The maximum absolute atomic E-state index is 9.03. The zero-order valence-electron chi connectivity index (χ0n) is 18.4. The Morgan fingerprint density at radius 3 is 2.59 bits per heavy atom. The van der Waals surface area contributed by atoms with Gasteiger partial charge in [0.2, 0.25) is 0 Å². The number of oxazole rings is 1. The number of nitriles is 1. The molecule has 1 aliphatic rings. The van der Waals surface area contributed by atoms with Gasteiger partial charge in [0.05, 0.1) is 29.7 Å². The minimum Gasteiger partial charge on any atom is -0.423 e. The summed E-state index contributed by atoms with van der Waals surface area (Å²) in [6.07, 6.45) is 3.85. The number of anilines is 1. The fraction of sp³-hybridized carbons (Fsp3) is 0.320. The standard InChI is InChI=1S/C25H26N6O/c1-18-4-3-5-23-24(18)32-25(28-23)30-12-10-29(11-13-30)16-22-15-27-17-31(22)19(2)21-8-6-20(14-26)7-9-21/h3-9,15,17,19H,10-13,16H2,1-2H3. The van der Waals surface area contributed by atoms with Gasteiger partial charge in [-0.3, -0.25) is 4.90 Å². The summed E-state index contributed by atoms with van der Waals surface area (Å²) in [4.78, 5) is 13.8. The van der Waals surface area contributed by atoms with Crippen LogP contribution in [0, 0.1) is 18.3 Å². The lowest BCUT2D eigenvalue weighted by molar-refractivity contribution is 0.239. The van der Waals surface area contributed by atoms with E-state index in [0.717, 1.165) is 49.4 Å². The van der Waals surface area contributed by atoms with Gasteiger partial charge in [0.15, 0.2) is 5.58 Å². The number of piperazine rings is 1. The molecule has 1 fully saturated rings. The monoisotopic (exact) mass is 426 g/mol. The smallest absolute Gasteiger partial charge is 0.298 e. The Bertz CT molecular complexity index is 1260. The van der Waals surface area contributed by atoms with Gasteiger partial charge in [-0.15, -0.1) is 0 Å². The molecular weight excluding hydrogens is 400 g/mol. The molecule has 32 heavy (non-hydrogen) atoms. The van der Waals surface area contributed by atoms with E-state index >= 15 is 0 Å². The van der Waals surface area contributed by atoms with Gasteiger partial charge in [0.25, 0.3) is 6.01 Å². The van der Waals surface area contributed by atoms with Crippen molar-refractivity contribution >= 4 is 17.1 Å². The summed E-state index contributed by atoms with van der Waals surface area (Å²) >= 11 is 0. The first kappa shape index (κ1) is 20.3. The zero-order chi connectivity index (χ0) is 22.1. The summed E-state index contributed by atoms with van der Waals surface area (Å²) in [6.45, 7) is 8.71. The Morgan fingerprint density at radius 2 is 1.88 bits per heavy atom. The third-order valence-electron chi connectivity index (χ3n) is 6.31. The highest BCUT2D eigenvalue weighted by molar-refractivity contribution is 5.77. The highest BCUT2D eigenvalue weighted by atomic mass is 16.4. The number of aromatic nitrogens is 3. The van der Waals surface area contributed by atoms with Crippen molar-refractivity contribution in [2.75, 3.05) is 31.1 Å². The first-order valence-electron chi connectivity index (χ1n) is 11.0. The van der Waals surface area contributed by atoms with E-state index in [4.69, 9.17) is 9.68 Å². The predicted octanol–water partition coefficient (Wildman–Crippen LogP) is 4.14. The Labute approximate surface area is 187 Å². The molecule has 1 saturated heterocycles. The van der Waals surface area contributed by atoms with Crippen molar-refractivity contribution in [2.45, 2.75) is 26.4 Å². The average molecular weight is 427 g/mol. The van der Waals surface area contributed by atoms with Gasteiger partial charge in [0, 0.05) is 38.9 Å². The quantitative estimate of drug-likeness (QED) is 0.478. The maximum Gasteiger partial charge on any atom is 0.298 e. The molecule has 0 N–H and O–H groups in total. The van der Waals surface area contributed by atoms with Crippen molar-refractivity contribution < 1.29 is 4.42 Å². The van der Waals surface area contributed by atoms with Crippen LogP contribution < -0.4 is 4.90 Å². The van der Waals surface area contributed by atoms with Crippen LogP contribution in [-0.4, -0.2) is 45.6 Å². The van der Waals surface area contributed by atoms with Crippen LogP contribution in [0.5, 0.6) is 0 Å². The summed E-state index contributed by atoms with van der Waals surface area (Å²) in [5.74, 6) is 0. The Kier molecular flexibility index (Phi) is 5.38. The predicted molar refractivity (Wildman–Crippen MR) is 123 cm³/mol. The van der Waals surface area contributed by atoms with Crippen LogP contribution in [0.15, 0.2) is 59.4 Å². The molecule has 0 amide bonds. The van der Waals surface area contributed by atoms with E-state index in [0.29, 0.717) is 11.6 Å². The SMILES string of the molecule is Cc1cccc2nc(N3CCN(Cc4cncn4C(C)c4ccc(C#N)cc4)CC3)oc12. The number of fused-ring (bicyclic) bond motifs is 1. The molecule has 1 atom stereocenters. The van der Waals surface area contributed by atoms with E-state index in [9.17, 15) is 0 Å². The van der Waals surface area contributed by atoms with Crippen LogP contribution in [0.3, 0.4) is 0 Å². The molecule has 0 bridgehead atoms. The van der Waals surface area contributed by atoms with Crippen molar-refractivity contribution in [3.05, 3.63) is 77.4 Å². The zero-order valence-corrected chi connectivity index (χ0v) is 18.4. The molecule has 0 aliphatic carbocycles. The molecule has 162 valence electrons. The van der Waals surface area contributed by atoms with Crippen LogP contribution in [0.4, 0.5) is 6.01 Å². The molecular formula is C25H26N6O. The fourth-order valence-electron chi connectivity index (χ4n) is 4.34. The largest absolute Gasteiger partial charge is 0.423 e. The Balaban J connectivity index is 1.24. The number of para-hydroxylation sites is 1. The van der Waals surface area contributed by atoms with Crippen molar-refractivity contribution in [3.63, 3.8) is 0 Å². The van der Waals surface area contributed by atoms with Crippen LogP contribution in [-0.2, 0) is 6.54 Å². The summed E-state index contributed by atoms with van der Waals surface area (Å²) in [6, 6.07) is 16.9. The number of imidazole rings is 1. The van der Waals surface area contributed by atoms with E-state index in [1.165, 1.54) is 11.3 Å². The molecule has 1 aliphatic heterocycles. The molecule has 0 spiro atoms. The lowest BCUT2D eigenvalue weighted by Gasteiger charge is -2.34. The fourth-order valence-corrected chi connectivity index (χ4v) is 4.34. The Morgan fingerprint density at radius 1 is 1.09 bits per heavy atom. The number of benzene rings is 2. The van der Waals surface area contributed by atoms with Crippen molar-refractivity contribution in [3.8, 4) is 6.07 Å². The molecule has 2 aromatic carbocycles. The molecule has 4 aromatic rings. The van der Waals surface area contributed by atoms with Crippen molar-refractivity contribution in [2.24, 2.45) is 0 Å². The molecule has 5 rings (SSSR count). The second-order valence-corrected chi connectivity index (χ2v) is 8.38. The Hall–Kier alpha value is -3.63. The van der Waals surface area contributed by atoms with Crippen LogP contribution in [0.25, 0.3) is 11.1 Å².